The number of rotatable bonds is 7. The Labute approximate surface area is 394 Å². The molecule has 7 aromatic rings. The van der Waals surface area contributed by atoms with Crippen LogP contribution in [-0.2, 0) is 5.41 Å². The summed E-state index contributed by atoms with van der Waals surface area (Å²) in [6, 6.07) is 58.3. The van der Waals surface area contributed by atoms with E-state index in [-0.39, 0.29) is 5.92 Å². The van der Waals surface area contributed by atoms with Crippen LogP contribution in [0, 0.1) is 12.8 Å². The number of hydrogen-bond donors (Lipinski definition) is 0. The average molecular weight is 861 g/mol. The molecule has 0 fully saturated rings. The van der Waals surface area contributed by atoms with Crippen molar-refractivity contribution in [3.63, 3.8) is 0 Å². The van der Waals surface area contributed by atoms with Gasteiger partial charge in [0.2, 0.25) is 0 Å². The minimum Gasteiger partial charge on any atom is -0.233 e. The summed E-state index contributed by atoms with van der Waals surface area (Å²) < 4.78 is 0. The highest BCUT2D eigenvalue weighted by Crippen LogP contribution is 2.63. The second-order valence-electron chi connectivity index (χ2n) is 18.8. The lowest BCUT2D eigenvalue weighted by molar-refractivity contribution is 0.640. The van der Waals surface area contributed by atoms with E-state index < -0.39 is 5.41 Å². The second-order valence-corrected chi connectivity index (χ2v) is 18.8. The fraction of sp³-hybridized carbons (Fsp3) is 0.138. The molecule has 322 valence electrons. The molecule has 0 saturated carbocycles. The highest BCUT2D eigenvalue weighted by Gasteiger charge is 2.52. The van der Waals surface area contributed by atoms with Crippen molar-refractivity contribution in [3.8, 4) is 22.3 Å². The van der Waals surface area contributed by atoms with Gasteiger partial charge >= 0.3 is 0 Å². The molecular weight excluding hydrogens is 809 g/mol. The molecule has 0 amide bonds. The highest BCUT2D eigenvalue weighted by molar-refractivity contribution is 6.14. The van der Waals surface area contributed by atoms with Crippen LogP contribution >= 0.6 is 0 Å². The molecule has 7 aromatic carbocycles. The van der Waals surface area contributed by atoms with Crippen LogP contribution in [0.1, 0.15) is 83.0 Å². The molecule has 67 heavy (non-hydrogen) atoms. The van der Waals surface area contributed by atoms with Gasteiger partial charge < -0.3 is 0 Å². The molecule has 2 nitrogen and oxygen atoms in total. The number of aryl methyl sites for hydroxylation is 1. The molecule has 0 aliphatic heterocycles. The molecule has 0 heterocycles. The van der Waals surface area contributed by atoms with E-state index in [1.165, 1.54) is 77.6 Å². The van der Waals surface area contributed by atoms with Crippen molar-refractivity contribution in [3.05, 3.63) is 274 Å². The molecule has 12 rings (SSSR count). The van der Waals surface area contributed by atoms with Gasteiger partial charge in [-0.15, -0.1) is 0 Å². The average Bonchev–Trinajstić information content (AvgIpc) is 3.67. The Bertz CT molecular complexity index is 3430. The van der Waals surface area contributed by atoms with E-state index >= 15 is 0 Å². The molecule has 3 atom stereocenters. The molecule has 5 aliphatic rings. The predicted molar refractivity (Wildman–Crippen MR) is 283 cm³/mol. The summed E-state index contributed by atoms with van der Waals surface area (Å²) in [7, 11) is 0. The fourth-order valence-corrected chi connectivity index (χ4v) is 11.6. The van der Waals surface area contributed by atoms with Crippen molar-refractivity contribution in [2.24, 2.45) is 15.9 Å². The van der Waals surface area contributed by atoms with Crippen LogP contribution in [0.2, 0.25) is 0 Å². The first-order chi connectivity index (χ1) is 32.9. The monoisotopic (exact) mass is 860 g/mol. The van der Waals surface area contributed by atoms with Crippen molar-refractivity contribution in [2.75, 3.05) is 0 Å². The van der Waals surface area contributed by atoms with Gasteiger partial charge in [-0.2, -0.15) is 0 Å². The summed E-state index contributed by atoms with van der Waals surface area (Å²) in [5.74, 6) is 1.34. The number of nitrogens with zero attached hydrogens (tertiary/aromatic N) is 2. The van der Waals surface area contributed by atoms with Gasteiger partial charge in [-0.1, -0.05) is 212 Å². The maximum absolute atomic E-state index is 5.17. The van der Waals surface area contributed by atoms with Crippen LogP contribution in [0.4, 0.5) is 0 Å². The molecule has 5 aliphatic carbocycles. The maximum Gasteiger partial charge on any atom is 0.160 e. The lowest BCUT2D eigenvalue weighted by Crippen LogP contribution is -2.34. The van der Waals surface area contributed by atoms with E-state index in [0.29, 0.717) is 17.5 Å². The third-order valence-corrected chi connectivity index (χ3v) is 14.9. The largest absolute Gasteiger partial charge is 0.233 e. The minimum absolute atomic E-state index is 0.278. The Hall–Kier alpha value is -7.68. The molecule has 0 radical (unpaired) electrons. The number of aliphatic imine (C=N–C) groups is 2. The van der Waals surface area contributed by atoms with Crippen LogP contribution in [0.15, 0.2) is 240 Å². The maximum atomic E-state index is 5.17. The van der Waals surface area contributed by atoms with Crippen LogP contribution in [-0.4, -0.2) is 11.5 Å². The van der Waals surface area contributed by atoms with E-state index in [2.05, 4.69) is 209 Å². The van der Waals surface area contributed by atoms with Crippen LogP contribution in [0.5, 0.6) is 0 Å². The standard InChI is InChI=1S/C65H52N2/c1-42-15-12-22-52(39-42)47-27-29-48(30-28-47)53-35-37-56-57-38-36-54(41-62(57)65(61(56)40-53)59-25-11-10-23-55(59)58-24-13-20-50-21-14-26-60(65)63(50)58)49-31-33-51(34-32-49)64(66-43(2)45-16-6-4-7-17-45)67-44(3)46-18-8-5-9-19-46/h4,6-8,10-27,29-39,41,47,53H,2,5,9,28,40H2,1,3H3/b66-64-,67-44+. The molecule has 1 spiro atoms. The quantitative estimate of drug-likeness (QED) is 0.113. The number of allylic oxidation sites excluding steroid dienone is 12. The zero-order valence-electron chi connectivity index (χ0n) is 38.2. The molecule has 3 unspecified atom stereocenters. The molecule has 2 heteroatoms. The summed E-state index contributed by atoms with van der Waals surface area (Å²) in [6.45, 7) is 8.64. The van der Waals surface area contributed by atoms with Crippen molar-refractivity contribution >= 4 is 33.6 Å². The third-order valence-electron chi connectivity index (χ3n) is 14.9. The molecule has 0 saturated heterocycles. The first-order valence-corrected chi connectivity index (χ1v) is 23.9. The summed E-state index contributed by atoms with van der Waals surface area (Å²) in [5.41, 5.74) is 21.7. The number of amidine groups is 1. The van der Waals surface area contributed by atoms with Crippen molar-refractivity contribution in [1.29, 1.82) is 0 Å². The van der Waals surface area contributed by atoms with Crippen LogP contribution < -0.4 is 0 Å². The lowest BCUT2D eigenvalue weighted by Gasteiger charge is -2.42. The number of benzene rings is 7. The van der Waals surface area contributed by atoms with Gasteiger partial charge in [0.05, 0.1) is 11.1 Å². The molecule has 0 N–H and O–H groups in total. The van der Waals surface area contributed by atoms with Gasteiger partial charge in [0.1, 0.15) is 0 Å². The van der Waals surface area contributed by atoms with Crippen molar-refractivity contribution in [2.45, 2.75) is 50.9 Å². The van der Waals surface area contributed by atoms with E-state index in [0.717, 1.165) is 53.7 Å². The first kappa shape index (κ1) is 40.8. The summed E-state index contributed by atoms with van der Waals surface area (Å²) >= 11 is 0. The Balaban J connectivity index is 0.967. The van der Waals surface area contributed by atoms with E-state index in [1.54, 1.807) is 0 Å². The molecular formula is C65H52N2. The Morgan fingerprint density at radius 2 is 1.36 bits per heavy atom. The van der Waals surface area contributed by atoms with E-state index in [9.17, 15) is 0 Å². The van der Waals surface area contributed by atoms with Crippen molar-refractivity contribution < 1.29 is 0 Å². The molecule has 0 aromatic heterocycles. The summed E-state index contributed by atoms with van der Waals surface area (Å²) in [6.07, 6.45) is 23.0. The SMILES string of the molecule is C=C(/N=C(\N=C(/C)C1=CCCC=C1)c1ccc(-c2ccc3c(c2)C2(C4=C3C=CC(C3=CCC(c5cccc(C)c5)C=C3)C4)c3ccccc3-c3cccc4cccc2c34)cc1)c1ccccc1. The summed E-state index contributed by atoms with van der Waals surface area (Å²) in [4.78, 5) is 10.3. The Kier molecular flexibility index (Phi) is 10.1. The number of hydrogen-bond acceptors (Lipinski definition) is 1. The zero-order chi connectivity index (χ0) is 45.1. The summed E-state index contributed by atoms with van der Waals surface area (Å²) in [5, 5.41) is 2.65. The van der Waals surface area contributed by atoms with Crippen LogP contribution in [0.3, 0.4) is 0 Å². The third kappa shape index (κ3) is 6.94. The van der Waals surface area contributed by atoms with Gasteiger partial charge in [0.15, 0.2) is 5.84 Å². The first-order valence-electron chi connectivity index (χ1n) is 23.9. The van der Waals surface area contributed by atoms with E-state index in [4.69, 9.17) is 9.98 Å². The Morgan fingerprint density at radius 1 is 0.597 bits per heavy atom. The van der Waals surface area contributed by atoms with Crippen molar-refractivity contribution in [1.82, 2.24) is 0 Å². The van der Waals surface area contributed by atoms with Gasteiger partial charge in [-0.05, 0) is 134 Å². The Morgan fingerprint density at radius 3 is 2.16 bits per heavy atom. The lowest BCUT2D eigenvalue weighted by atomic mass is 9.59. The topological polar surface area (TPSA) is 24.7 Å². The van der Waals surface area contributed by atoms with E-state index in [1.807, 2.05) is 18.2 Å². The smallest absolute Gasteiger partial charge is 0.160 e. The van der Waals surface area contributed by atoms with Gasteiger partial charge in [-0.25, -0.2) is 9.98 Å². The van der Waals surface area contributed by atoms with Gasteiger partial charge in [-0.3, -0.25) is 0 Å². The predicted octanol–water partition coefficient (Wildman–Crippen LogP) is 16.3. The van der Waals surface area contributed by atoms with Crippen LogP contribution in [0.25, 0.3) is 44.3 Å². The molecule has 0 bridgehead atoms. The second kappa shape index (κ2) is 16.6. The zero-order valence-corrected chi connectivity index (χ0v) is 38.2. The fourth-order valence-electron chi connectivity index (χ4n) is 11.6. The minimum atomic E-state index is -0.469. The normalized spacial score (nSPS) is 20.4. The highest BCUT2D eigenvalue weighted by atomic mass is 14.9. The van der Waals surface area contributed by atoms with Gasteiger partial charge in [0, 0.05) is 23.1 Å². The van der Waals surface area contributed by atoms with Gasteiger partial charge in [0.25, 0.3) is 0 Å². The number of fused-ring (bicyclic) bond motifs is 8.